The number of amides is 1. The van der Waals surface area contributed by atoms with Gasteiger partial charge in [-0.3, -0.25) is 13.9 Å². The predicted molar refractivity (Wildman–Crippen MR) is 102 cm³/mol. The molecule has 0 aliphatic heterocycles. The minimum absolute atomic E-state index is 0.196. The quantitative estimate of drug-likeness (QED) is 0.537. The highest BCUT2D eigenvalue weighted by Gasteiger charge is 2.05. The third-order valence-corrected chi connectivity index (χ3v) is 4.07. The summed E-state index contributed by atoms with van der Waals surface area (Å²) in [7, 11) is 0. The lowest BCUT2D eigenvalue weighted by atomic mass is 10.2. The summed E-state index contributed by atoms with van der Waals surface area (Å²) in [5, 5.41) is 15.3. The molecule has 4 rings (SSSR count). The van der Waals surface area contributed by atoms with Crippen LogP contribution in [-0.4, -0.2) is 30.3 Å². The fraction of sp³-hybridized carbons (Fsp3) is 0.100. The average molecular weight is 358 g/mol. The van der Waals surface area contributed by atoms with Gasteiger partial charge in [0.1, 0.15) is 0 Å². The zero-order valence-electron chi connectivity index (χ0n) is 14.6. The number of aromatic nitrogens is 5. The van der Waals surface area contributed by atoms with E-state index in [0.717, 1.165) is 11.2 Å². The number of carbonyl (C=O) groups excluding carboxylic acids is 1. The first kappa shape index (κ1) is 16.7. The third-order valence-electron chi connectivity index (χ3n) is 4.07. The monoisotopic (exact) mass is 358 g/mol. The Labute approximate surface area is 156 Å². The average Bonchev–Trinajstić information content (AvgIpc) is 3.32. The van der Waals surface area contributed by atoms with Crippen molar-refractivity contribution in [3.63, 3.8) is 0 Å². The number of pyridine rings is 1. The number of benzene rings is 1. The van der Waals surface area contributed by atoms with E-state index in [1.54, 1.807) is 12.3 Å². The molecule has 1 amide bonds. The van der Waals surface area contributed by atoms with E-state index in [-0.39, 0.29) is 5.91 Å². The fourth-order valence-corrected chi connectivity index (χ4v) is 2.73. The van der Waals surface area contributed by atoms with Gasteiger partial charge < -0.3 is 5.32 Å². The molecule has 1 N–H and O–H groups in total. The lowest BCUT2D eigenvalue weighted by molar-refractivity contribution is -0.116. The van der Waals surface area contributed by atoms with Crippen molar-refractivity contribution in [2.24, 2.45) is 0 Å². The Hall–Kier alpha value is -3.74. The van der Waals surface area contributed by atoms with Crippen LogP contribution in [0.4, 0.5) is 0 Å². The second-order valence-corrected chi connectivity index (χ2v) is 6.05. The lowest BCUT2D eigenvalue weighted by Gasteiger charge is -2.01. The molecule has 0 spiro atoms. The molecular weight excluding hydrogens is 340 g/mol. The van der Waals surface area contributed by atoms with Crippen LogP contribution in [0.1, 0.15) is 17.0 Å². The molecule has 3 heterocycles. The van der Waals surface area contributed by atoms with E-state index in [0.29, 0.717) is 18.9 Å². The van der Waals surface area contributed by atoms with E-state index in [2.05, 4.69) is 32.7 Å². The summed E-state index contributed by atoms with van der Waals surface area (Å²) < 4.78 is 3.69. The standard InChI is InChI=1S/C20H18N6O/c27-20(21-13-19-24-23-18-8-4-5-11-26(18)19)10-9-17-12-22-25(15-17)14-16-6-2-1-3-7-16/h1-12,15H,13-14H2,(H,21,27)/b10-9+. The van der Waals surface area contributed by atoms with Crippen molar-refractivity contribution < 1.29 is 4.79 Å². The maximum atomic E-state index is 12.1. The van der Waals surface area contributed by atoms with Crippen LogP contribution < -0.4 is 5.32 Å². The van der Waals surface area contributed by atoms with E-state index in [4.69, 9.17) is 0 Å². The van der Waals surface area contributed by atoms with Crippen LogP contribution in [0.2, 0.25) is 0 Å². The molecule has 0 radical (unpaired) electrons. The summed E-state index contributed by atoms with van der Waals surface area (Å²) >= 11 is 0. The van der Waals surface area contributed by atoms with Gasteiger partial charge in [-0.15, -0.1) is 10.2 Å². The van der Waals surface area contributed by atoms with Crippen molar-refractivity contribution >= 4 is 17.6 Å². The van der Waals surface area contributed by atoms with Crippen molar-refractivity contribution in [3.8, 4) is 0 Å². The van der Waals surface area contributed by atoms with Crippen LogP contribution >= 0.6 is 0 Å². The van der Waals surface area contributed by atoms with Crippen LogP contribution in [0.3, 0.4) is 0 Å². The van der Waals surface area contributed by atoms with Gasteiger partial charge in [0, 0.05) is 24.0 Å². The van der Waals surface area contributed by atoms with Crippen LogP contribution in [0, 0.1) is 0 Å². The van der Waals surface area contributed by atoms with E-state index >= 15 is 0 Å². The summed E-state index contributed by atoms with van der Waals surface area (Å²) in [4.78, 5) is 12.1. The Morgan fingerprint density at radius 2 is 1.93 bits per heavy atom. The Bertz CT molecular complexity index is 1080. The molecule has 0 saturated carbocycles. The fourth-order valence-electron chi connectivity index (χ4n) is 2.73. The van der Waals surface area contributed by atoms with Gasteiger partial charge in [-0.25, -0.2) is 0 Å². The zero-order valence-corrected chi connectivity index (χ0v) is 14.6. The largest absolute Gasteiger partial charge is 0.345 e. The van der Waals surface area contributed by atoms with Crippen molar-refractivity contribution in [3.05, 3.63) is 90.1 Å². The maximum absolute atomic E-state index is 12.1. The van der Waals surface area contributed by atoms with Gasteiger partial charge in [0.25, 0.3) is 0 Å². The second-order valence-electron chi connectivity index (χ2n) is 6.05. The summed E-state index contributed by atoms with van der Waals surface area (Å²) in [5.41, 5.74) is 2.80. The SMILES string of the molecule is O=C(/C=C/c1cnn(Cc2ccccc2)c1)NCc1nnc2ccccn12. The normalized spacial score (nSPS) is 11.3. The number of fused-ring (bicyclic) bond motifs is 1. The van der Waals surface area contributed by atoms with Crippen LogP contribution in [0.15, 0.2) is 73.2 Å². The second kappa shape index (κ2) is 7.65. The van der Waals surface area contributed by atoms with Crippen LogP contribution in [0.5, 0.6) is 0 Å². The minimum Gasteiger partial charge on any atom is -0.345 e. The van der Waals surface area contributed by atoms with E-state index < -0.39 is 0 Å². The molecular formula is C20H18N6O. The van der Waals surface area contributed by atoms with Crippen molar-refractivity contribution in [2.45, 2.75) is 13.1 Å². The van der Waals surface area contributed by atoms with Gasteiger partial charge in [0.2, 0.25) is 5.91 Å². The Balaban J connectivity index is 1.33. The number of rotatable bonds is 6. The molecule has 0 unspecified atom stereocenters. The molecule has 27 heavy (non-hydrogen) atoms. The number of nitrogens with one attached hydrogen (secondary N) is 1. The summed E-state index contributed by atoms with van der Waals surface area (Å²) in [5.74, 6) is 0.488. The molecule has 134 valence electrons. The molecule has 0 bridgehead atoms. The number of nitrogens with zero attached hydrogens (tertiary/aromatic N) is 5. The first-order valence-corrected chi connectivity index (χ1v) is 8.59. The highest BCUT2D eigenvalue weighted by Crippen LogP contribution is 2.06. The molecule has 0 aliphatic carbocycles. The first-order chi connectivity index (χ1) is 13.3. The molecule has 3 aromatic heterocycles. The predicted octanol–water partition coefficient (Wildman–Crippen LogP) is 2.30. The van der Waals surface area contributed by atoms with E-state index in [9.17, 15) is 4.79 Å². The van der Waals surface area contributed by atoms with Crippen molar-refractivity contribution in [2.75, 3.05) is 0 Å². The maximum Gasteiger partial charge on any atom is 0.244 e. The molecule has 4 aromatic rings. The number of hydrogen-bond donors (Lipinski definition) is 1. The Morgan fingerprint density at radius 3 is 2.81 bits per heavy atom. The summed E-state index contributed by atoms with van der Waals surface area (Å²) in [6, 6.07) is 15.8. The van der Waals surface area contributed by atoms with Crippen LogP contribution in [-0.2, 0) is 17.9 Å². The Morgan fingerprint density at radius 1 is 1.07 bits per heavy atom. The van der Waals surface area contributed by atoms with E-state index in [1.807, 2.05) is 57.9 Å². The van der Waals surface area contributed by atoms with Gasteiger partial charge in [-0.2, -0.15) is 5.10 Å². The first-order valence-electron chi connectivity index (χ1n) is 8.59. The van der Waals surface area contributed by atoms with Gasteiger partial charge >= 0.3 is 0 Å². The van der Waals surface area contributed by atoms with Gasteiger partial charge in [-0.1, -0.05) is 36.4 Å². The summed E-state index contributed by atoms with van der Waals surface area (Å²) in [6.07, 6.45) is 8.74. The topological polar surface area (TPSA) is 77.1 Å². The summed E-state index contributed by atoms with van der Waals surface area (Å²) in [6.45, 7) is 1.00. The van der Waals surface area contributed by atoms with Gasteiger partial charge in [0.05, 0.1) is 19.3 Å². The van der Waals surface area contributed by atoms with Gasteiger partial charge in [0.15, 0.2) is 11.5 Å². The molecule has 0 fully saturated rings. The third kappa shape index (κ3) is 4.09. The molecule has 0 saturated heterocycles. The van der Waals surface area contributed by atoms with E-state index in [1.165, 1.54) is 11.6 Å². The minimum atomic E-state index is -0.196. The van der Waals surface area contributed by atoms with Gasteiger partial charge in [-0.05, 0) is 23.8 Å². The number of carbonyl (C=O) groups is 1. The molecule has 0 aliphatic rings. The van der Waals surface area contributed by atoms with Crippen molar-refractivity contribution in [1.29, 1.82) is 0 Å². The molecule has 0 atom stereocenters. The van der Waals surface area contributed by atoms with Crippen LogP contribution in [0.25, 0.3) is 11.7 Å². The molecule has 1 aromatic carbocycles. The molecule has 7 nitrogen and oxygen atoms in total. The zero-order chi connectivity index (χ0) is 18.5. The Kier molecular flexibility index (Phi) is 4.74. The van der Waals surface area contributed by atoms with Crippen molar-refractivity contribution in [1.82, 2.24) is 29.7 Å². The smallest absolute Gasteiger partial charge is 0.244 e. The molecule has 7 heteroatoms. The highest BCUT2D eigenvalue weighted by molar-refractivity contribution is 5.91. The lowest BCUT2D eigenvalue weighted by Crippen LogP contribution is -2.21. The highest BCUT2D eigenvalue weighted by atomic mass is 16.1. The number of hydrogen-bond acceptors (Lipinski definition) is 4.